The molecule has 0 unspecified atom stereocenters. The number of furan rings is 1. The zero-order valence-electron chi connectivity index (χ0n) is 15.8. The van der Waals surface area contributed by atoms with Gasteiger partial charge in [0.15, 0.2) is 11.6 Å². The van der Waals surface area contributed by atoms with Crippen LogP contribution in [0.3, 0.4) is 0 Å². The molecule has 0 atom stereocenters. The van der Waals surface area contributed by atoms with Crippen LogP contribution in [0.5, 0.6) is 0 Å². The first kappa shape index (κ1) is 18.6. The molecule has 3 aromatic rings. The topological polar surface area (TPSA) is 106 Å². The summed E-state index contributed by atoms with van der Waals surface area (Å²) in [6.07, 6.45) is 0. The molecule has 1 fully saturated rings. The van der Waals surface area contributed by atoms with E-state index in [1.54, 1.807) is 4.90 Å². The second-order valence-electron chi connectivity index (χ2n) is 6.77. The Balaban J connectivity index is 1.40. The van der Waals surface area contributed by atoms with Gasteiger partial charge >= 0.3 is 5.88 Å². The third-order valence-corrected chi connectivity index (χ3v) is 4.94. The fourth-order valence-electron chi connectivity index (χ4n) is 3.33. The molecule has 9 heteroatoms. The lowest BCUT2D eigenvalue weighted by Gasteiger charge is -2.34. The molecular weight excluding hydrogens is 374 g/mol. The van der Waals surface area contributed by atoms with Gasteiger partial charge in [-0.25, -0.2) is 0 Å². The van der Waals surface area contributed by atoms with Crippen molar-refractivity contribution >= 4 is 17.6 Å². The van der Waals surface area contributed by atoms with Crippen LogP contribution in [-0.4, -0.2) is 52.1 Å². The van der Waals surface area contributed by atoms with Crippen molar-refractivity contribution in [3.05, 3.63) is 70.0 Å². The van der Waals surface area contributed by atoms with Gasteiger partial charge in [-0.15, -0.1) is 10.2 Å². The van der Waals surface area contributed by atoms with E-state index in [2.05, 4.69) is 15.1 Å². The Hall–Kier alpha value is -3.75. The first-order valence-electron chi connectivity index (χ1n) is 9.21. The second-order valence-corrected chi connectivity index (χ2v) is 6.77. The van der Waals surface area contributed by atoms with Crippen molar-refractivity contribution in [2.75, 3.05) is 31.1 Å². The number of piperazine rings is 1. The molecule has 0 aliphatic carbocycles. The molecule has 9 nitrogen and oxygen atoms in total. The zero-order chi connectivity index (χ0) is 20.4. The predicted molar refractivity (Wildman–Crippen MR) is 106 cm³/mol. The number of rotatable bonds is 4. The summed E-state index contributed by atoms with van der Waals surface area (Å²) in [6, 6.07) is 14.4. The lowest BCUT2D eigenvalue weighted by atomic mass is 10.1. The van der Waals surface area contributed by atoms with Crippen LogP contribution in [0.25, 0.3) is 11.3 Å². The first-order valence-corrected chi connectivity index (χ1v) is 9.21. The summed E-state index contributed by atoms with van der Waals surface area (Å²) in [5, 5.41) is 19.4. The quantitative estimate of drug-likeness (QED) is 0.496. The maximum atomic E-state index is 12.5. The number of carbonyl (C=O) groups excluding carboxylic acids is 1. The summed E-state index contributed by atoms with van der Waals surface area (Å²) in [5.41, 5.74) is 3.01. The molecule has 1 aliphatic heterocycles. The van der Waals surface area contributed by atoms with E-state index in [4.69, 9.17) is 4.42 Å². The highest BCUT2D eigenvalue weighted by molar-refractivity contribution is 5.92. The number of carbonyl (C=O) groups is 1. The van der Waals surface area contributed by atoms with Crippen LogP contribution >= 0.6 is 0 Å². The zero-order valence-corrected chi connectivity index (χ0v) is 15.8. The minimum atomic E-state index is -0.659. The van der Waals surface area contributed by atoms with E-state index >= 15 is 0 Å². The number of aromatic nitrogens is 2. The van der Waals surface area contributed by atoms with Gasteiger partial charge < -0.3 is 14.2 Å². The largest absolute Gasteiger partial charge is 0.433 e. The average molecular weight is 393 g/mol. The smallest absolute Gasteiger partial charge is 0.395 e. The highest BCUT2D eigenvalue weighted by atomic mass is 16.6. The molecule has 0 spiro atoms. The number of nitrogens with zero attached hydrogens (tertiary/aromatic N) is 5. The van der Waals surface area contributed by atoms with E-state index in [0.29, 0.717) is 26.2 Å². The minimum Gasteiger partial charge on any atom is -0.395 e. The molecule has 2 aromatic heterocycles. The standard InChI is InChI=1S/C20H19N5O4/c1-14-4-2-3-5-15(14)16-6-8-18(22-21-16)23-10-12-24(13-11-23)20(26)17-7-9-19(29-17)25(27)28/h2-9H,10-13H2,1H3. The van der Waals surface area contributed by atoms with Crippen molar-refractivity contribution in [1.29, 1.82) is 0 Å². The van der Waals surface area contributed by atoms with Crippen molar-refractivity contribution in [3.63, 3.8) is 0 Å². The molecule has 0 bridgehead atoms. The third kappa shape index (κ3) is 3.79. The van der Waals surface area contributed by atoms with Crippen LogP contribution in [0.2, 0.25) is 0 Å². The highest BCUT2D eigenvalue weighted by Crippen LogP contribution is 2.23. The molecule has 4 rings (SSSR count). The van der Waals surface area contributed by atoms with E-state index in [-0.39, 0.29) is 11.7 Å². The number of hydrogen-bond donors (Lipinski definition) is 0. The van der Waals surface area contributed by atoms with Gasteiger partial charge in [0.2, 0.25) is 0 Å². The van der Waals surface area contributed by atoms with Gasteiger partial charge in [0, 0.05) is 31.7 Å². The fourth-order valence-corrected chi connectivity index (χ4v) is 3.33. The van der Waals surface area contributed by atoms with Gasteiger partial charge in [-0.2, -0.15) is 0 Å². The minimum absolute atomic E-state index is 0.0208. The van der Waals surface area contributed by atoms with Crippen LogP contribution in [0.4, 0.5) is 11.7 Å². The molecule has 1 aromatic carbocycles. The summed E-state index contributed by atoms with van der Waals surface area (Å²) < 4.78 is 5.01. The Morgan fingerprint density at radius 2 is 1.79 bits per heavy atom. The summed E-state index contributed by atoms with van der Waals surface area (Å²) in [7, 11) is 0. The molecular formula is C20H19N5O4. The van der Waals surface area contributed by atoms with Crippen LogP contribution in [-0.2, 0) is 0 Å². The monoisotopic (exact) mass is 393 g/mol. The Labute approximate surface area is 166 Å². The fraction of sp³-hybridized carbons (Fsp3) is 0.250. The molecule has 0 radical (unpaired) electrons. The molecule has 0 saturated carbocycles. The van der Waals surface area contributed by atoms with Crippen LogP contribution < -0.4 is 4.90 Å². The van der Waals surface area contributed by atoms with Crippen molar-refractivity contribution < 1.29 is 14.1 Å². The molecule has 148 valence electrons. The van der Waals surface area contributed by atoms with Crippen molar-refractivity contribution in [2.45, 2.75) is 6.92 Å². The van der Waals surface area contributed by atoms with E-state index < -0.39 is 10.8 Å². The maximum absolute atomic E-state index is 12.5. The first-order chi connectivity index (χ1) is 14.0. The summed E-state index contributed by atoms with van der Waals surface area (Å²) >= 11 is 0. The average Bonchev–Trinajstić information content (AvgIpc) is 3.25. The van der Waals surface area contributed by atoms with Gasteiger partial charge in [0.1, 0.15) is 4.92 Å². The van der Waals surface area contributed by atoms with Crippen molar-refractivity contribution in [2.24, 2.45) is 0 Å². The molecule has 29 heavy (non-hydrogen) atoms. The van der Waals surface area contributed by atoms with E-state index in [0.717, 1.165) is 22.6 Å². The van der Waals surface area contributed by atoms with Gasteiger partial charge in [-0.1, -0.05) is 24.3 Å². The summed E-state index contributed by atoms with van der Waals surface area (Å²) in [5.74, 6) is -0.0506. The maximum Gasteiger partial charge on any atom is 0.433 e. The van der Waals surface area contributed by atoms with Gasteiger partial charge in [0.25, 0.3) is 5.91 Å². The lowest BCUT2D eigenvalue weighted by molar-refractivity contribution is -0.402. The van der Waals surface area contributed by atoms with Crippen molar-refractivity contribution in [1.82, 2.24) is 15.1 Å². The van der Waals surface area contributed by atoms with Gasteiger partial charge in [-0.05, 0) is 30.7 Å². The van der Waals surface area contributed by atoms with Crippen LogP contribution in [0, 0.1) is 17.0 Å². The van der Waals surface area contributed by atoms with Gasteiger partial charge in [-0.3, -0.25) is 14.9 Å². The second kappa shape index (κ2) is 7.70. The summed E-state index contributed by atoms with van der Waals surface area (Å²) in [6.45, 7) is 4.15. The summed E-state index contributed by atoms with van der Waals surface area (Å²) in [4.78, 5) is 26.2. The number of nitro groups is 1. The number of aryl methyl sites for hydroxylation is 1. The Kier molecular flexibility index (Phi) is 4.94. The molecule has 1 aliphatic rings. The van der Waals surface area contributed by atoms with Crippen LogP contribution in [0.15, 0.2) is 52.9 Å². The normalized spacial score (nSPS) is 14.1. The van der Waals surface area contributed by atoms with Gasteiger partial charge in [0.05, 0.1) is 11.8 Å². The Morgan fingerprint density at radius 1 is 1.03 bits per heavy atom. The van der Waals surface area contributed by atoms with E-state index in [1.165, 1.54) is 12.1 Å². The lowest BCUT2D eigenvalue weighted by Crippen LogP contribution is -2.49. The SMILES string of the molecule is Cc1ccccc1-c1ccc(N2CCN(C(=O)c3ccc([N+](=O)[O-])o3)CC2)nn1. The molecule has 1 saturated heterocycles. The molecule has 0 N–H and O–H groups in total. The number of hydrogen-bond acceptors (Lipinski definition) is 7. The van der Waals surface area contributed by atoms with Crippen molar-refractivity contribution in [3.8, 4) is 11.3 Å². The Morgan fingerprint density at radius 3 is 2.41 bits per heavy atom. The third-order valence-electron chi connectivity index (χ3n) is 4.94. The predicted octanol–water partition coefficient (Wildman–Crippen LogP) is 2.92. The van der Waals surface area contributed by atoms with Crippen LogP contribution in [0.1, 0.15) is 16.1 Å². The van der Waals surface area contributed by atoms with E-state index in [1.807, 2.05) is 43.3 Å². The number of amides is 1. The number of anilines is 1. The molecule has 3 heterocycles. The highest BCUT2D eigenvalue weighted by Gasteiger charge is 2.26. The van der Waals surface area contributed by atoms with E-state index in [9.17, 15) is 14.9 Å². The Bertz CT molecular complexity index is 1040. The number of benzene rings is 1. The molecule has 1 amide bonds.